The van der Waals surface area contributed by atoms with Crippen LogP contribution in [-0.4, -0.2) is 0 Å². The third-order valence-electron chi connectivity index (χ3n) is 29.0. The Morgan fingerprint density at radius 3 is 0.766 bits per heavy atom. The van der Waals surface area contributed by atoms with Crippen LogP contribution in [0.1, 0.15) is 0 Å². The first-order valence-electron chi connectivity index (χ1n) is 48.5. The Kier molecular flexibility index (Phi) is 20.0. The molecule has 0 unspecified atom stereocenters. The maximum Gasteiger partial charge on any atom is 0.143 e. The summed E-state index contributed by atoms with van der Waals surface area (Å²) < 4.78 is 20.2. The third kappa shape index (κ3) is 13.9. The van der Waals surface area contributed by atoms with Crippen LogP contribution < -0.4 is 0 Å². The van der Waals surface area contributed by atoms with Gasteiger partial charge in [-0.05, 0) is 216 Å². The van der Waals surface area contributed by atoms with E-state index < -0.39 is 0 Å². The molecule has 0 aliphatic carbocycles. The predicted molar refractivity (Wildman–Crippen MR) is 599 cm³/mol. The van der Waals surface area contributed by atoms with Crippen LogP contribution >= 0.6 is 0 Å². The molecule has 0 atom stereocenters. The molecule has 29 aromatic rings. The van der Waals surface area contributed by atoms with Crippen LogP contribution in [0.15, 0.2) is 535 Å². The lowest BCUT2D eigenvalue weighted by atomic mass is 9.84. The van der Waals surface area contributed by atoms with Gasteiger partial charge in [0.2, 0.25) is 0 Å². The first-order chi connectivity index (χ1) is 70.0. The van der Waals surface area contributed by atoms with Gasteiger partial charge in [0.1, 0.15) is 33.5 Å². The van der Waals surface area contributed by atoms with Crippen LogP contribution in [0.5, 0.6) is 0 Å². The summed E-state index contributed by atoms with van der Waals surface area (Å²) in [7, 11) is 0. The summed E-state index contributed by atoms with van der Waals surface area (Å²) in [4.78, 5) is 0. The van der Waals surface area contributed by atoms with Crippen LogP contribution in [-0.2, 0) is 0 Å². The average molecular weight is 1790 g/mol. The van der Waals surface area contributed by atoms with Gasteiger partial charge in [0, 0.05) is 60.1 Å². The highest BCUT2D eigenvalue weighted by Gasteiger charge is 2.27. The van der Waals surface area contributed by atoms with Crippen molar-refractivity contribution >= 4 is 163 Å². The summed E-state index contributed by atoms with van der Waals surface area (Å²) in [6.45, 7) is 0. The van der Waals surface area contributed by atoms with Crippen molar-refractivity contribution in [3.8, 4) is 122 Å². The van der Waals surface area contributed by atoms with Crippen molar-refractivity contribution in [2.24, 2.45) is 0 Å². The minimum Gasteiger partial charge on any atom is -0.455 e. The van der Waals surface area contributed by atoms with E-state index in [9.17, 15) is 0 Å². The first-order valence-corrected chi connectivity index (χ1v) is 48.5. The zero-order chi connectivity index (χ0) is 93.0. The van der Waals surface area contributed by atoms with E-state index in [1.54, 1.807) is 0 Å². The van der Waals surface area contributed by atoms with E-state index in [0.29, 0.717) is 0 Å². The van der Waals surface area contributed by atoms with E-state index in [2.05, 4.69) is 522 Å². The summed E-state index contributed by atoms with van der Waals surface area (Å²) in [5, 5.41) is 29.3. The molecule has 0 amide bonds. The van der Waals surface area contributed by atoms with Crippen molar-refractivity contribution < 1.29 is 13.3 Å². The maximum atomic E-state index is 6.86. The van der Waals surface area contributed by atoms with E-state index in [1.165, 1.54) is 197 Å². The average Bonchev–Trinajstić information content (AvgIpc) is 1.62. The molecule has 0 spiro atoms. The van der Waals surface area contributed by atoms with Crippen LogP contribution in [0, 0.1) is 0 Å². The monoisotopic (exact) mass is 1790 g/mol. The molecule has 0 bridgehead atoms. The lowest BCUT2D eigenvalue weighted by Gasteiger charge is -2.19. The van der Waals surface area contributed by atoms with E-state index >= 15 is 0 Å². The molecule has 0 aliphatic rings. The van der Waals surface area contributed by atoms with Gasteiger partial charge in [0.15, 0.2) is 0 Å². The van der Waals surface area contributed by atoms with Gasteiger partial charge in [0.25, 0.3) is 0 Å². The minimum atomic E-state index is 0.896. The van der Waals surface area contributed by atoms with Crippen molar-refractivity contribution in [3.63, 3.8) is 0 Å². The fraction of sp³-hybridized carbons (Fsp3) is 0. The van der Waals surface area contributed by atoms with Gasteiger partial charge in [-0.3, -0.25) is 0 Å². The number of hydrogen-bond donors (Lipinski definition) is 0. The van der Waals surface area contributed by atoms with Crippen molar-refractivity contribution in [1.82, 2.24) is 0 Å². The molecule has 3 heterocycles. The topological polar surface area (TPSA) is 39.4 Å². The van der Waals surface area contributed by atoms with Gasteiger partial charge >= 0.3 is 0 Å². The largest absolute Gasteiger partial charge is 0.455 e. The third-order valence-corrected chi connectivity index (χ3v) is 29.0. The summed E-state index contributed by atoms with van der Waals surface area (Å²) in [5.41, 5.74) is 32.0. The van der Waals surface area contributed by atoms with Gasteiger partial charge in [-0.1, -0.05) is 497 Å². The van der Waals surface area contributed by atoms with Crippen LogP contribution in [0.2, 0.25) is 0 Å². The molecule has 26 aromatic carbocycles. The fourth-order valence-electron chi connectivity index (χ4n) is 22.8. The Hall–Kier alpha value is -18.5. The first kappa shape index (κ1) is 82.0. The highest BCUT2D eigenvalue weighted by molar-refractivity contribution is 6.30. The van der Waals surface area contributed by atoms with Gasteiger partial charge in [-0.15, -0.1) is 0 Å². The summed E-state index contributed by atoms with van der Waals surface area (Å²) in [6.07, 6.45) is 0. The van der Waals surface area contributed by atoms with Gasteiger partial charge < -0.3 is 13.3 Å². The van der Waals surface area contributed by atoms with Crippen LogP contribution in [0.4, 0.5) is 0 Å². The van der Waals surface area contributed by atoms with E-state index in [0.717, 1.165) is 88.1 Å². The Labute approximate surface area is 814 Å². The van der Waals surface area contributed by atoms with Crippen LogP contribution in [0.3, 0.4) is 0 Å². The number of rotatable bonds is 11. The predicted octanol–water partition coefficient (Wildman–Crippen LogP) is 39.5. The Bertz CT molecular complexity index is 9850. The van der Waals surface area contributed by atoms with Crippen molar-refractivity contribution in [2.45, 2.75) is 0 Å². The zero-order valence-electron chi connectivity index (χ0n) is 76.9. The molecule has 0 saturated carbocycles. The van der Waals surface area contributed by atoms with E-state index in [1.807, 2.05) is 0 Å². The second-order valence-corrected chi connectivity index (χ2v) is 36.8. The highest BCUT2D eigenvalue weighted by Crippen LogP contribution is 2.54. The molecule has 29 rings (SSSR count). The molecular weight excluding hydrogens is 1710 g/mol. The lowest BCUT2D eigenvalue weighted by molar-refractivity contribution is 0.669. The smallest absolute Gasteiger partial charge is 0.143 e. The Morgan fingerprint density at radius 1 is 0.106 bits per heavy atom. The van der Waals surface area contributed by atoms with E-state index in [-0.39, 0.29) is 0 Å². The number of para-hydroxylation sites is 3. The number of fused-ring (bicyclic) bond motifs is 18. The van der Waals surface area contributed by atoms with Gasteiger partial charge in [-0.25, -0.2) is 0 Å². The molecular formula is C138H86O3. The number of furan rings is 3. The minimum absolute atomic E-state index is 0.896. The quantitative estimate of drug-likeness (QED) is 0.121. The molecule has 0 saturated heterocycles. The van der Waals surface area contributed by atoms with Gasteiger partial charge in [0.05, 0.1) is 0 Å². The second-order valence-electron chi connectivity index (χ2n) is 36.8. The molecule has 141 heavy (non-hydrogen) atoms. The number of hydrogen-bond acceptors (Lipinski definition) is 3. The Balaban J connectivity index is 0.000000106. The standard InChI is InChI=1S/2C48H30O.C42H26O/c1-2-13-32(14-3-1)36-22-12-26-44-47(36)43-25-11-23-37(48(43)49-44)33-27-29-34(30-28-33)45-39-18-6-8-20-41(39)46(42-21-9-7-19-40(42)45)38-24-10-16-31-15-4-5-17-35(31)38;1-2-13-31(14-3-1)32-27-29-34(30-28-32)36-22-12-26-44-47(36)43-25-11-24-42(48(43)49-44)46-40-20-8-6-18-38(40)45(39-19-7-9-21-41(39)46)37-23-10-16-33-15-4-5-17-35(33)37;1-2-13-28(14-3-1)40-32-17-6-8-19-34(32)41(35-20-9-7-18-33(35)40)37-23-11-22-36-38-26-29(24-25-39(38)43-42(36)37)31-21-10-15-27-12-4-5-16-30(27)31/h2*1-30H;1-26H. The molecule has 0 fully saturated rings. The SMILES string of the molecule is c1ccc(-c2c3ccccc3c(-c3cccc4c3oc3ccc(-c5cccc6ccccc56)cc34)c3ccccc23)cc1.c1ccc(-c2ccc(-c3cccc4oc5c(-c6c7ccccc7c(-c7cccc8ccccc78)c7ccccc67)cccc5c34)cc2)cc1.c1ccc(-c2cccc3oc4c(-c5ccc(-c6c7ccccc7c(-c7cccc8ccccc78)c7ccccc67)cc5)cccc4c23)cc1. The highest BCUT2D eigenvalue weighted by atomic mass is 16.3. The summed E-state index contributed by atoms with van der Waals surface area (Å²) in [6, 6.07) is 188. The van der Waals surface area contributed by atoms with E-state index in [4.69, 9.17) is 13.3 Å². The van der Waals surface area contributed by atoms with Crippen molar-refractivity contribution in [2.75, 3.05) is 0 Å². The molecule has 656 valence electrons. The van der Waals surface area contributed by atoms with Gasteiger partial charge in [-0.2, -0.15) is 0 Å². The molecule has 0 aliphatic heterocycles. The Morgan fingerprint density at radius 2 is 0.340 bits per heavy atom. The normalized spacial score (nSPS) is 11.7. The maximum absolute atomic E-state index is 6.86. The summed E-state index contributed by atoms with van der Waals surface area (Å²) >= 11 is 0. The van der Waals surface area contributed by atoms with Crippen molar-refractivity contribution in [3.05, 3.63) is 522 Å². The lowest BCUT2D eigenvalue weighted by Crippen LogP contribution is -1.91. The second kappa shape index (κ2) is 34.4. The fourth-order valence-corrected chi connectivity index (χ4v) is 22.8. The number of benzene rings is 26. The summed E-state index contributed by atoms with van der Waals surface area (Å²) in [5.74, 6) is 0. The molecule has 3 aromatic heterocycles. The van der Waals surface area contributed by atoms with Crippen LogP contribution in [0.25, 0.3) is 285 Å². The van der Waals surface area contributed by atoms with Crippen molar-refractivity contribution in [1.29, 1.82) is 0 Å². The molecule has 3 heteroatoms. The molecule has 0 N–H and O–H groups in total. The zero-order valence-corrected chi connectivity index (χ0v) is 76.9. The molecule has 3 nitrogen and oxygen atoms in total. The molecule has 0 radical (unpaired) electrons.